The lowest BCUT2D eigenvalue weighted by Crippen LogP contribution is -1.78. The van der Waals surface area contributed by atoms with E-state index in [1.165, 1.54) is 17.6 Å². The van der Waals surface area contributed by atoms with Crippen molar-refractivity contribution in [2.45, 2.75) is 0 Å². The minimum Gasteiger partial charge on any atom is -0.411 e. The van der Waals surface area contributed by atoms with E-state index in [0.29, 0.717) is 10.4 Å². The summed E-state index contributed by atoms with van der Waals surface area (Å²) in [5.74, 6) is 0. The van der Waals surface area contributed by atoms with E-state index in [2.05, 4.69) is 5.16 Å². The molecule has 1 N–H and O–H groups in total. The summed E-state index contributed by atoms with van der Waals surface area (Å²) in [5.41, 5.74) is 0.662. The molecule has 1 aromatic rings. The van der Waals surface area contributed by atoms with Crippen LogP contribution in [0, 0.1) is 11.3 Å². The number of rotatable bonds is 1. The molecule has 4 heteroatoms. The molecule has 0 saturated heterocycles. The minimum atomic E-state index is 0.567. The van der Waals surface area contributed by atoms with E-state index in [1.807, 2.05) is 6.07 Å². The second-order valence-electron chi connectivity index (χ2n) is 1.56. The normalized spacial score (nSPS) is 9.90. The van der Waals surface area contributed by atoms with Crippen LogP contribution in [0.2, 0.25) is 0 Å². The van der Waals surface area contributed by atoms with Gasteiger partial charge in [0, 0.05) is 5.56 Å². The molecular weight excluding hydrogens is 148 g/mol. The second-order valence-corrected chi connectivity index (χ2v) is 2.48. The number of hydrogen-bond acceptors (Lipinski definition) is 4. The van der Waals surface area contributed by atoms with Gasteiger partial charge in [0.25, 0.3) is 0 Å². The van der Waals surface area contributed by atoms with Gasteiger partial charge in [0.2, 0.25) is 0 Å². The van der Waals surface area contributed by atoms with E-state index >= 15 is 0 Å². The smallest absolute Gasteiger partial charge is 0.113 e. The number of nitriles is 1. The molecule has 0 aliphatic carbocycles. The third-order valence-corrected chi connectivity index (χ3v) is 1.83. The molecule has 0 bridgehead atoms. The zero-order valence-corrected chi connectivity index (χ0v) is 5.80. The van der Waals surface area contributed by atoms with E-state index in [1.54, 1.807) is 11.4 Å². The van der Waals surface area contributed by atoms with Crippen molar-refractivity contribution < 1.29 is 5.21 Å². The fraction of sp³-hybridized carbons (Fsp3) is 0. The average molecular weight is 152 g/mol. The first-order chi connectivity index (χ1) is 4.88. The van der Waals surface area contributed by atoms with Gasteiger partial charge in [-0.25, -0.2) is 0 Å². The van der Waals surface area contributed by atoms with Gasteiger partial charge in [0.15, 0.2) is 0 Å². The first-order valence-electron chi connectivity index (χ1n) is 2.53. The number of nitrogens with zero attached hydrogens (tertiary/aromatic N) is 2. The maximum absolute atomic E-state index is 8.45. The Kier molecular flexibility index (Phi) is 2.03. The number of thiophene rings is 1. The van der Waals surface area contributed by atoms with Gasteiger partial charge < -0.3 is 5.21 Å². The van der Waals surface area contributed by atoms with E-state index in [-0.39, 0.29) is 0 Å². The summed E-state index contributed by atoms with van der Waals surface area (Å²) in [7, 11) is 0. The lowest BCUT2D eigenvalue weighted by atomic mass is 10.3. The largest absolute Gasteiger partial charge is 0.411 e. The topological polar surface area (TPSA) is 56.4 Å². The lowest BCUT2D eigenvalue weighted by Gasteiger charge is -1.80. The van der Waals surface area contributed by atoms with E-state index in [4.69, 9.17) is 10.5 Å². The van der Waals surface area contributed by atoms with Crippen LogP contribution in [0.15, 0.2) is 16.6 Å². The summed E-state index contributed by atoms with van der Waals surface area (Å²) in [6.45, 7) is 0. The van der Waals surface area contributed by atoms with Gasteiger partial charge >= 0.3 is 0 Å². The van der Waals surface area contributed by atoms with Crippen LogP contribution < -0.4 is 0 Å². The second kappa shape index (κ2) is 2.99. The van der Waals surface area contributed by atoms with E-state index in [0.717, 1.165) is 0 Å². The standard InChI is InChI=1S/C6H4N2OS/c7-3-6-5(4-8-9)1-2-10-6/h1-2,4,9H. The van der Waals surface area contributed by atoms with Gasteiger partial charge in [-0.2, -0.15) is 5.26 Å². The van der Waals surface area contributed by atoms with Crippen LogP contribution in [0.5, 0.6) is 0 Å². The highest BCUT2D eigenvalue weighted by molar-refractivity contribution is 7.10. The van der Waals surface area contributed by atoms with Crippen molar-refractivity contribution in [1.82, 2.24) is 0 Å². The highest BCUT2D eigenvalue weighted by Gasteiger charge is 1.98. The van der Waals surface area contributed by atoms with Crippen LogP contribution in [0.25, 0.3) is 0 Å². The Balaban J connectivity index is 3.04. The molecule has 1 heterocycles. The molecule has 1 rings (SSSR count). The third kappa shape index (κ3) is 1.14. The van der Waals surface area contributed by atoms with Crippen LogP contribution in [0.3, 0.4) is 0 Å². The summed E-state index contributed by atoms with van der Waals surface area (Å²) < 4.78 is 0. The van der Waals surface area contributed by atoms with Crippen LogP contribution in [-0.2, 0) is 0 Å². The third-order valence-electron chi connectivity index (χ3n) is 0.994. The molecule has 3 nitrogen and oxygen atoms in total. The Labute approximate surface area is 61.8 Å². The highest BCUT2D eigenvalue weighted by Crippen LogP contribution is 2.12. The molecule has 1 aromatic heterocycles. The molecule has 0 radical (unpaired) electrons. The summed E-state index contributed by atoms with van der Waals surface area (Å²) in [5, 5.41) is 21.2. The predicted octanol–water partition coefficient (Wildman–Crippen LogP) is 1.43. The van der Waals surface area contributed by atoms with Gasteiger partial charge in [0.05, 0.1) is 6.21 Å². The van der Waals surface area contributed by atoms with E-state index < -0.39 is 0 Å². The van der Waals surface area contributed by atoms with Crippen molar-refractivity contribution in [1.29, 1.82) is 5.26 Å². The Morgan fingerprint density at radius 2 is 2.60 bits per heavy atom. The SMILES string of the molecule is N#Cc1sccc1C=NO. The van der Waals surface area contributed by atoms with Gasteiger partial charge in [-0.3, -0.25) is 0 Å². The van der Waals surface area contributed by atoms with Gasteiger partial charge in [-0.1, -0.05) is 5.16 Å². The molecule has 0 fully saturated rings. The maximum atomic E-state index is 8.45. The molecular formula is C6H4N2OS. The Morgan fingerprint density at radius 3 is 3.20 bits per heavy atom. The monoisotopic (exact) mass is 152 g/mol. The van der Waals surface area contributed by atoms with Crippen molar-refractivity contribution in [3.05, 3.63) is 21.9 Å². The van der Waals surface area contributed by atoms with Crippen LogP contribution in [0.1, 0.15) is 10.4 Å². The van der Waals surface area contributed by atoms with Gasteiger partial charge in [-0.15, -0.1) is 11.3 Å². The molecule has 50 valence electrons. The lowest BCUT2D eigenvalue weighted by molar-refractivity contribution is 0.322. The van der Waals surface area contributed by atoms with Crippen molar-refractivity contribution in [2.24, 2.45) is 5.16 Å². The minimum absolute atomic E-state index is 0.567. The molecule has 0 saturated carbocycles. The van der Waals surface area contributed by atoms with Crippen LogP contribution in [0.4, 0.5) is 0 Å². The fourth-order valence-corrected chi connectivity index (χ4v) is 1.23. The van der Waals surface area contributed by atoms with Gasteiger partial charge in [0.1, 0.15) is 10.9 Å². The first kappa shape index (κ1) is 6.78. The molecule has 0 amide bonds. The first-order valence-corrected chi connectivity index (χ1v) is 3.41. The Bertz CT molecular complexity index is 284. The number of oxime groups is 1. The molecule has 0 atom stereocenters. The van der Waals surface area contributed by atoms with Crippen molar-refractivity contribution in [2.75, 3.05) is 0 Å². The molecule has 0 spiro atoms. The van der Waals surface area contributed by atoms with Crippen molar-refractivity contribution >= 4 is 17.6 Å². The molecule has 0 aliphatic rings. The van der Waals surface area contributed by atoms with E-state index in [9.17, 15) is 0 Å². The maximum Gasteiger partial charge on any atom is 0.113 e. The predicted molar refractivity (Wildman–Crippen MR) is 38.4 cm³/mol. The van der Waals surface area contributed by atoms with Crippen molar-refractivity contribution in [3.63, 3.8) is 0 Å². The molecule has 0 unspecified atom stereocenters. The quantitative estimate of drug-likeness (QED) is 0.376. The summed E-state index contributed by atoms with van der Waals surface area (Å²) >= 11 is 1.33. The Morgan fingerprint density at radius 1 is 1.80 bits per heavy atom. The van der Waals surface area contributed by atoms with Crippen molar-refractivity contribution in [3.8, 4) is 6.07 Å². The molecule has 0 aliphatic heterocycles. The number of hydrogen-bond donors (Lipinski definition) is 1. The molecule has 0 aromatic carbocycles. The summed E-state index contributed by atoms with van der Waals surface area (Å²) in [4.78, 5) is 0.567. The fourth-order valence-electron chi connectivity index (χ4n) is 0.574. The highest BCUT2D eigenvalue weighted by atomic mass is 32.1. The summed E-state index contributed by atoms with van der Waals surface area (Å²) in [6, 6.07) is 3.70. The summed E-state index contributed by atoms with van der Waals surface area (Å²) in [6.07, 6.45) is 1.25. The van der Waals surface area contributed by atoms with Crippen LogP contribution >= 0.6 is 11.3 Å². The average Bonchev–Trinajstić information content (AvgIpc) is 2.36. The Hall–Kier alpha value is -1.34. The van der Waals surface area contributed by atoms with Gasteiger partial charge in [-0.05, 0) is 11.4 Å². The zero-order chi connectivity index (χ0) is 7.40. The van der Waals surface area contributed by atoms with Crippen LogP contribution in [-0.4, -0.2) is 11.4 Å². The molecule has 10 heavy (non-hydrogen) atoms. The zero-order valence-electron chi connectivity index (χ0n) is 4.98.